The van der Waals surface area contributed by atoms with Gasteiger partial charge < -0.3 is 10.8 Å². The molecule has 1 fully saturated rings. The molecule has 3 N–H and O–H groups in total. The Hall–Kier alpha value is -0.940. The fourth-order valence-electron chi connectivity index (χ4n) is 2.35. The maximum atomic E-state index is 10.4. The van der Waals surface area contributed by atoms with Gasteiger partial charge in [0, 0.05) is 12.6 Å². The normalized spacial score (nSPS) is 19.9. The molecule has 0 saturated heterocycles. The van der Waals surface area contributed by atoms with Crippen LogP contribution in [-0.2, 0) is 13.0 Å². The van der Waals surface area contributed by atoms with Crippen LogP contribution in [-0.4, -0.2) is 32.2 Å². The second kappa shape index (κ2) is 4.93. The fourth-order valence-corrected chi connectivity index (χ4v) is 2.35. The first-order valence-electron chi connectivity index (χ1n) is 6.03. The number of aliphatic hydroxyl groups is 1. The van der Waals surface area contributed by atoms with Crippen LogP contribution in [0.2, 0.25) is 0 Å². The molecular formula is C11H20N4O. The molecule has 0 amide bonds. The van der Waals surface area contributed by atoms with E-state index in [1.165, 1.54) is 6.42 Å². The third kappa shape index (κ3) is 2.80. The highest BCUT2D eigenvalue weighted by Crippen LogP contribution is 2.29. The molecule has 16 heavy (non-hydrogen) atoms. The molecular weight excluding hydrogens is 204 g/mol. The van der Waals surface area contributed by atoms with Crippen LogP contribution < -0.4 is 5.73 Å². The summed E-state index contributed by atoms with van der Waals surface area (Å²) in [6.45, 7) is 1.15. The molecule has 1 heterocycles. The molecule has 5 nitrogen and oxygen atoms in total. The number of nitrogens with two attached hydrogens (primary N) is 1. The summed E-state index contributed by atoms with van der Waals surface area (Å²) >= 11 is 0. The molecule has 1 aromatic rings. The van der Waals surface area contributed by atoms with Crippen LogP contribution in [0.1, 0.15) is 37.8 Å². The van der Waals surface area contributed by atoms with Gasteiger partial charge in [-0.2, -0.15) is 0 Å². The standard InChI is InChI=1S/C11H20N4O/c12-7-4-10-8-15(14-13-10)9-11(16)5-2-1-3-6-11/h8,16H,1-7,9,12H2. The fraction of sp³-hybridized carbons (Fsp3) is 0.818. The highest BCUT2D eigenvalue weighted by molar-refractivity contribution is 4.94. The van der Waals surface area contributed by atoms with E-state index < -0.39 is 5.60 Å². The Morgan fingerprint density at radius 1 is 1.38 bits per heavy atom. The Kier molecular flexibility index (Phi) is 3.56. The summed E-state index contributed by atoms with van der Waals surface area (Å²) in [6.07, 6.45) is 7.84. The van der Waals surface area contributed by atoms with Gasteiger partial charge in [-0.05, 0) is 19.4 Å². The van der Waals surface area contributed by atoms with Crippen molar-refractivity contribution in [3.63, 3.8) is 0 Å². The van der Waals surface area contributed by atoms with Crippen molar-refractivity contribution >= 4 is 0 Å². The van der Waals surface area contributed by atoms with Crippen molar-refractivity contribution in [3.05, 3.63) is 11.9 Å². The van der Waals surface area contributed by atoms with Crippen molar-refractivity contribution in [1.29, 1.82) is 0 Å². The summed E-state index contributed by atoms with van der Waals surface area (Å²) in [5.74, 6) is 0. The van der Waals surface area contributed by atoms with Crippen molar-refractivity contribution in [2.45, 2.75) is 50.7 Å². The summed E-state index contributed by atoms with van der Waals surface area (Å²) in [7, 11) is 0. The largest absolute Gasteiger partial charge is 0.388 e. The minimum absolute atomic E-state index is 0.560. The quantitative estimate of drug-likeness (QED) is 0.779. The number of hydrogen-bond acceptors (Lipinski definition) is 4. The summed E-state index contributed by atoms with van der Waals surface area (Å²) < 4.78 is 1.75. The van der Waals surface area contributed by atoms with Crippen molar-refractivity contribution in [2.75, 3.05) is 6.54 Å². The Morgan fingerprint density at radius 3 is 2.81 bits per heavy atom. The van der Waals surface area contributed by atoms with E-state index in [-0.39, 0.29) is 0 Å². The zero-order valence-electron chi connectivity index (χ0n) is 9.60. The molecule has 0 spiro atoms. The third-order valence-corrected chi connectivity index (χ3v) is 3.23. The predicted molar refractivity (Wildman–Crippen MR) is 60.8 cm³/mol. The lowest BCUT2D eigenvalue weighted by atomic mass is 9.85. The van der Waals surface area contributed by atoms with E-state index in [4.69, 9.17) is 5.73 Å². The molecule has 1 saturated carbocycles. The lowest BCUT2D eigenvalue weighted by molar-refractivity contribution is -0.0146. The first-order valence-corrected chi connectivity index (χ1v) is 6.03. The Labute approximate surface area is 95.6 Å². The minimum atomic E-state index is -0.577. The Morgan fingerprint density at radius 2 is 2.12 bits per heavy atom. The van der Waals surface area contributed by atoms with Gasteiger partial charge in [-0.3, -0.25) is 0 Å². The average molecular weight is 224 g/mol. The molecule has 1 aliphatic rings. The van der Waals surface area contributed by atoms with E-state index in [0.29, 0.717) is 13.1 Å². The van der Waals surface area contributed by atoms with Gasteiger partial charge in [0.05, 0.1) is 17.8 Å². The van der Waals surface area contributed by atoms with Crippen LogP contribution >= 0.6 is 0 Å². The molecule has 90 valence electrons. The number of rotatable bonds is 4. The lowest BCUT2D eigenvalue weighted by Gasteiger charge is -2.31. The number of aromatic nitrogens is 3. The highest BCUT2D eigenvalue weighted by atomic mass is 16.3. The van der Waals surface area contributed by atoms with Gasteiger partial charge in [0.25, 0.3) is 0 Å². The van der Waals surface area contributed by atoms with Gasteiger partial charge in [-0.1, -0.05) is 24.5 Å². The van der Waals surface area contributed by atoms with Gasteiger partial charge in [0.15, 0.2) is 0 Å². The number of hydrogen-bond donors (Lipinski definition) is 2. The lowest BCUT2D eigenvalue weighted by Crippen LogP contribution is -2.36. The molecule has 0 bridgehead atoms. The topological polar surface area (TPSA) is 77.0 Å². The van der Waals surface area contributed by atoms with Crippen LogP contribution in [0.5, 0.6) is 0 Å². The average Bonchev–Trinajstić information content (AvgIpc) is 2.66. The van der Waals surface area contributed by atoms with E-state index in [1.807, 2.05) is 6.20 Å². The van der Waals surface area contributed by atoms with Crippen LogP contribution in [0.15, 0.2) is 6.20 Å². The van der Waals surface area contributed by atoms with Gasteiger partial charge in [-0.15, -0.1) is 5.10 Å². The maximum Gasteiger partial charge on any atom is 0.0843 e. The van der Waals surface area contributed by atoms with Crippen LogP contribution in [0, 0.1) is 0 Å². The van der Waals surface area contributed by atoms with Gasteiger partial charge >= 0.3 is 0 Å². The van der Waals surface area contributed by atoms with Gasteiger partial charge in [0.2, 0.25) is 0 Å². The van der Waals surface area contributed by atoms with Crippen LogP contribution in [0.25, 0.3) is 0 Å². The van der Waals surface area contributed by atoms with E-state index in [9.17, 15) is 5.11 Å². The monoisotopic (exact) mass is 224 g/mol. The van der Waals surface area contributed by atoms with Crippen LogP contribution in [0.4, 0.5) is 0 Å². The predicted octanol–water partition coefficient (Wildman–Crippen LogP) is 0.474. The van der Waals surface area contributed by atoms with Crippen molar-refractivity contribution in [2.24, 2.45) is 5.73 Å². The maximum absolute atomic E-state index is 10.4. The summed E-state index contributed by atoms with van der Waals surface area (Å²) in [6, 6.07) is 0. The molecule has 5 heteroatoms. The summed E-state index contributed by atoms with van der Waals surface area (Å²) in [5, 5.41) is 18.4. The Balaban J connectivity index is 1.96. The second-order valence-corrected chi connectivity index (χ2v) is 4.73. The third-order valence-electron chi connectivity index (χ3n) is 3.23. The molecule has 1 aliphatic carbocycles. The summed E-state index contributed by atoms with van der Waals surface area (Å²) in [5.41, 5.74) is 5.78. The molecule has 0 unspecified atom stereocenters. The number of nitrogens with zero attached hydrogens (tertiary/aromatic N) is 3. The van der Waals surface area contributed by atoms with Crippen molar-refractivity contribution in [1.82, 2.24) is 15.0 Å². The van der Waals surface area contributed by atoms with E-state index in [2.05, 4.69) is 10.3 Å². The highest BCUT2D eigenvalue weighted by Gasteiger charge is 2.29. The molecule has 0 radical (unpaired) electrons. The smallest absolute Gasteiger partial charge is 0.0843 e. The molecule has 0 aliphatic heterocycles. The zero-order valence-corrected chi connectivity index (χ0v) is 9.60. The molecule has 1 aromatic heterocycles. The van der Waals surface area contributed by atoms with E-state index in [1.54, 1.807) is 4.68 Å². The second-order valence-electron chi connectivity index (χ2n) is 4.73. The van der Waals surface area contributed by atoms with E-state index >= 15 is 0 Å². The van der Waals surface area contributed by atoms with E-state index in [0.717, 1.165) is 37.8 Å². The minimum Gasteiger partial charge on any atom is -0.388 e. The Bertz CT molecular complexity index is 330. The first-order chi connectivity index (χ1) is 7.72. The van der Waals surface area contributed by atoms with Crippen LogP contribution in [0.3, 0.4) is 0 Å². The SMILES string of the molecule is NCCc1cn(CC2(O)CCCCC2)nn1. The van der Waals surface area contributed by atoms with Gasteiger partial charge in [-0.25, -0.2) is 4.68 Å². The molecule has 0 atom stereocenters. The summed E-state index contributed by atoms with van der Waals surface area (Å²) in [4.78, 5) is 0. The zero-order chi connectivity index (χ0) is 11.4. The van der Waals surface area contributed by atoms with Crippen molar-refractivity contribution in [3.8, 4) is 0 Å². The molecule has 0 aromatic carbocycles. The first kappa shape index (κ1) is 11.5. The van der Waals surface area contributed by atoms with Gasteiger partial charge in [0.1, 0.15) is 0 Å². The molecule has 2 rings (SSSR count). The van der Waals surface area contributed by atoms with Crippen molar-refractivity contribution < 1.29 is 5.11 Å².